The highest BCUT2D eigenvalue weighted by Gasteiger charge is 2.18. The second-order valence-electron chi connectivity index (χ2n) is 7.34. The Morgan fingerprint density at radius 1 is 0.889 bits per heavy atom. The zero-order valence-electron chi connectivity index (χ0n) is 17.4. The third-order valence-corrected chi connectivity index (χ3v) is 4.76. The fourth-order valence-electron chi connectivity index (χ4n) is 3.09. The molecule has 0 aromatic heterocycles. The van der Waals surface area contributed by atoms with Crippen molar-refractivity contribution < 1.29 is 14.7 Å². The summed E-state index contributed by atoms with van der Waals surface area (Å²) in [6.07, 6.45) is 20.1. The Morgan fingerprint density at radius 2 is 1.48 bits per heavy atom. The van der Waals surface area contributed by atoms with Crippen molar-refractivity contribution in [3.63, 3.8) is 0 Å². The van der Waals surface area contributed by atoms with Crippen LogP contribution in [-0.2, 0) is 9.59 Å². The van der Waals surface area contributed by atoms with Gasteiger partial charge >= 0.3 is 5.97 Å². The van der Waals surface area contributed by atoms with Crippen LogP contribution in [0.3, 0.4) is 0 Å². The summed E-state index contributed by atoms with van der Waals surface area (Å²) >= 11 is 0. The Labute approximate surface area is 166 Å². The average Bonchev–Trinajstić information content (AvgIpc) is 2.64. The Hall–Kier alpha value is -1.36. The number of carbonyl (C=O) groups excluding carboxylic acids is 1. The van der Waals surface area contributed by atoms with Gasteiger partial charge in [0.1, 0.15) is 6.04 Å². The van der Waals surface area contributed by atoms with Crippen molar-refractivity contribution in [1.29, 1.82) is 0 Å². The molecule has 158 valence electrons. The molecule has 4 N–H and O–H groups in total. The topological polar surface area (TPSA) is 92.4 Å². The molecular weight excluding hydrogens is 340 g/mol. The largest absolute Gasteiger partial charge is 0.480 e. The first-order chi connectivity index (χ1) is 13.1. The lowest BCUT2D eigenvalue weighted by Crippen LogP contribution is -2.40. The van der Waals surface area contributed by atoms with Crippen LogP contribution in [-0.4, -0.2) is 29.6 Å². The monoisotopic (exact) mass is 382 g/mol. The van der Waals surface area contributed by atoms with Gasteiger partial charge in [-0.25, -0.2) is 4.79 Å². The molecule has 0 aliphatic heterocycles. The zero-order valence-corrected chi connectivity index (χ0v) is 17.4. The molecule has 0 heterocycles. The van der Waals surface area contributed by atoms with Crippen LogP contribution in [0.15, 0.2) is 12.2 Å². The summed E-state index contributed by atoms with van der Waals surface area (Å²) in [7, 11) is 0. The third-order valence-electron chi connectivity index (χ3n) is 4.76. The fraction of sp³-hybridized carbons (Fsp3) is 0.818. The minimum absolute atomic E-state index is 0.146. The molecule has 1 atom stereocenters. The number of hydrogen-bond donors (Lipinski definition) is 3. The van der Waals surface area contributed by atoms with Gasteiger partial charge in [-0.05, 0) is 51.5 Å². The summed E-state index contributed by atoms with van der Waals surface area (Å²) in [5, 5.41) is 11.8. The predicted octanol–water partition coefficient (Wildman–Crippen LogP) is 4.94. The van der Waals surface area contributed by atoms with E-state index in [1.54, 1.807) is 0 Å². The number of hydrogen-bond acceptors (Lipinski definition) is 3. The van der Waals surface area contributed by atoms with Crippen LogP contribution in [0.25, 0.3) is 0 Å². The van der Waals surface area contributed by atoms with E-state index in [4.69, 9.17) is 10.8 Å². The molecule has 0 fully saturated rings. The standard InChI is InChI=1S/C22H42N2O3/c1-2-3-4-5-6-7-8-9-10-11-12-13-14-18-21(25)24-20(22(26)27)17-15-16-19-23/h3-4,20H,2,5-19,23H2,1H3,(H,24,25)(H,26,27)/b4-3-/t20-/m1/s1. The van der Waals surface area contributed by atoms with Crippen molar-refractivity contribution >= 4 is 11.9 Å². The minimum atomic E-state index is -0.957. The molecule has 5 heteroatoms. The first-order valence-electron chi connectivity index (χ1n) is 11.0. The second-order valence-corrected chi connectivity index (χ2v) is 7.34. The van der Waals surface area contributed by atoms with Gasteiger partial charge in [-0.1, -0.05) is 64.0 Å². The Balaban J connectivity index is 3.51. The van der Waals surface area contributed by atoms with Crippen LogP contribution < -0.4 is 11.1 Å². The molecule has 0 rings (SSSR count). The quantitative estimate of drug-likeness (QED) is 0.218. The molecule has 0 saturated carbocycles. The van der Waals surface area contributed by atoms with E-state index in [0.29, 0.717) is 19.4 Å². The predicted molar refractivity (Wildman–Crippen MR) is 113 cm³/mol. The molecule has 0 bridgehead atoms. The number of rotatable bonds is 19. The number of nitrogens with two attached hydrogens (primary N) is 1. The number of nitrogens with one attached hydrogen (secondary N) is 1. The Bertz CT molecular complexity index is 397. The lowest BCUT2D eigenvalue weighted by molar-refractivity contribution is -0.142. The maximum atomic E-state index is 11.9. The molecule has 27 heavy (non-hydrogen) atoms. The number of carboxylic acids is 1. The molecule has 0 aliphatic carbocycles. The van der Waals surface area contributed by atoms with Gasteiger partial charge in [0.25, 0.3) is 0 Å². The molecular formula is C22H42N2O3. The highest BCUT2D eigenvalue weighted by atomic mass is 16.4. The van der Waals surface area contributed by atoms with Gasteiger partial charge in [0.15, 0.2) is 0 Å². The number of aliphatic carboxylic acids is 1. The zero-order chi connectivity index (χ0) is 20.2. The van der Waals surface area contributed by atoms with E-state index >= 15 is 0 Å². The van der Waals surface area contributed by atoms with Gasteiger partial charge in [-0.2, -0.15) is 0 Å². The number of unbranched alkanes of at least 4 members (excludes halogenated alkanes) is 10. The van der Waals surface area contributed by atoms with Gasteiger partial charge in [-0.3, -0.25) is 4.79 Å². The van der Waals surface area contributed by atoms with Crippen LogP contribution in [0.5, 0.6) is 0 Å². The van der Waals surface area contributed by atoms with Crippen LogP contribution >= 0.6 is 0 Å². The van der Waals surface area contributed by atoms with Gasteiger partial charge < -0.3 is 16.2 Å². The summed E-state index contributed by atoms with van der Waals surface area (Å²) in [6.45, 7) is 2.72. The van der Waals surface area contributed by atoms with Crippen molar-refractivity contribution in [3.8, 4) is 0 Å². The molecule has 0 aromatic carbocycles. The number of amides is 1. The normalized spacial score (nSPS) is 12.4. The van der Waals surface area contributed by atoms with Crippen LogP contribution in [0.2, 0.25) is 0 Å². The smallest absolute Gasteiger partial charge is 0.326 e. The highest BCUT2D eigenvalue weighted by Crippen LogP contribution is 2.12. The van der Waals surface area contributed by atoms with Crippen LogP contribution in [0.4, 0.5) is 0 Å². The number of carbonyl (C=O) groups is 2. The molecule has 0 radical (unpaired) electrons. The third kappa shape index (κ3) is 17.8. The lowest BCUT2D eigenvalue weighted by atomic mass is 10.1. The van der Waals surface area contributed by atoms with E-state index in [2.05, 4.69) is 24.4 Å². The molecule has 0 aromatic rings. The van der Waals surface area contributed by atoms with Crippen LogP contribution in [0, 0.1) is 0 Å². The maximum absolute atomic E-state index is 11.9. The Morgan fingerprint density at radius 3 is 2.04 bits per heavy atom. The summed E-state index contributed by atoms with van der Waals surface area (Å²) in [5.74, 6) is -1.10. The summed E-state index contributed by atoms with van der Waals surface area (Å²) in [6, 6.07) is -0.776. The lowest BCUT2D eigenvalue weighted by Gasteiger charge is -2.14. The highest BCUT2D eigenvalue weighted by molar-refractivity contribution is 5.83. The van der Waals surface area contributed by atoms with Gasteiger partial charge in [0, 0.05) is 6.42 Å². The van der Waals surface area contributed by atoms with E-state index in [0.717, 1.165) is 38.5 Å². The molecule has 5 nitrogen and oxygen atoms in total. The maximum Gasteiger partial charge on any atom is 0.326 e. The summed E-state index contributed by atoms with van der Waals surface area (Å²) < 4.78 is 0. The second kappa shape index (κ2) is 19.4. The van der Waals surface area contributed by atoms with Gasteiger partial charge in [0.05, 0.1) is 0 Å². The van der Waals surface area contributed by atoms with Gasteiger partial charge in [0.2, 0.25) is 5.91 Å². The SMILES string of the molecule is CC/C=C\CCCCCCCCCCCC(=O)N[C@H](CCCCN)C(=O)O. The van der Waals surface area contributed by atoms with Crippen molar-refractivity contribution in [2.45, 2.75) is 109 Å². The van der Waals surface area contributed by atoms with Crippen molar-refractivity contribution in [1.82, 2.24) is 5.32 Å². The summed E-state index contributed by atoms with van der Waals surface area (Å²) in [4.78, 5) is 23.1. The van der Waals surface area contributed by atoms with E-state index in [9.17, 15) is 9.59 Å². The molecule has 0 saturated heterocycles. The van der Waals surface area contributed by atoms with E-state index < -0.39 is 12.0 Å². The molecule has 0 spiro atoms. The molecule has 0 unspecified atom stereocenters. The number of allylic oxidation sites excluding steroid dienone is 2. The fourth-order valence-corrected chi connectivity index (χ4v) is 3.09. The van der Waals surface area contributed by atoms with Crippen molar-refractivity contribution in [2.24, 2.45) is 5.73 Å². The molecule has 1 amide bonds. The van der Waals surface area contributed by atoms with Crippen molar-refractivity contribution in [3.05, 3.63) is 12.2 Å². The van der Waals surface area contributed by atoms with Crippen molar-refractivity contribution in [2.75, 3.05) is 6.54 Å². The van der Waals surface area contributed by atoms with E-state index in [1.807, 2.05) is 0 Å². The first-order valence-corrected chi connectivity index (χ1v) is 11.0. The van der Waals surface area contributed by atoms with Gasteiger partial charge in [-0.15, -0.1) is 0 Å². The first kappa shape index (κ1) is 25.6. The number of carboxylic acid groups (broad SMARTS) is 1. The van der Waals surface area contributed by atoms with E-state index in [1.165, 1.54) is 44.9 Å². The average molecular weight is 383 g/mol. The van der Waals surface area contributed by atoms with Crippen LogP contribution in [0.1, 0.15) is 103 Å². The minimum Gasteiger partial charge on any atom is -0.480 e. The molecule has 0 aliphatic rings. The van der Waals surface area contributed by atoms with E-state index in [-0.39, 0.29) is 5.91 Å². The summed E-state index contributed by atoms with van der Waals surface area (Å²) in [5.41, 5.74) is 5.42. The Kier molecular flexibility index (Phi) is 18.4.